The molecule has 0 aliphatic heterocycles. The lowest BCUT2D eigenvalue weighted by molar-refractivity contribution is 0.386. The standard InChI is InChI=1S/C20H20ClFN2O2S/c1-12(2)10-24-19(25)15-9-14(21)5-6-17(15)23-20(24)27-11-13-4-7-18(26-3)16(22)8-13/h4-9,12H,10-11H2,1-3H3. The molecule has 0 unspecified atom stereocenters. The van der Waals surface area contributed by atoms with Crippen LogP contribution in [0.25, 0.3) is 10.9 Å². The molecule has 2 aromatic carbocycles. The van der Waals surface area contributed by atoms with Gasteiger partial charge in [0.2, 0.25) is 0 Å². The first-order valence-corrected chi connectivity index (χ1v) is 9.90. The summed E-state index contributed by atoms with van der Waals surface area (Å²) in [5.74, 6) is 0.571. The highest BCUT2D eigenvalue weighted by atomic mass is 35.5. The third kappa shape index (κ3) is 4.45. The molecule has 0 saturated carbocycles. The monoisotopic (exact) mass is 406 g/mol. The molecule has 1 aromatic heterocycles. The second-order valence-electron chi connectivity index (χ2n) is 6.62. The number of methoxy groups -OCH3 is 1. The van der Waals surface area contributed by atoms with Gasteiger partial charge in [0.25, 0.3) is 5.56 Å². The van der Waals surface area contributed by atoms with E-state index in [0.29, 0.717) is 33.4 Å². The zero-order chi connectivity index (χ0) is 19.6. The highest BCUT2D eigenvalue weighted by molar-refractivity contribution is 7.98. The Morgan fingerprint density at radius 2 is 2.04 bits per heavy atom. The molecule has 0 N–H and O–H groups in total. The normalized spacial score (nSPS) is 11.3. The maximum Gasteiger partial charge on any atom is 0.262 e. The van der Waals surface area contributed by atoms with E-state index in [1.165, 1.54) is 24.9 Å². The highest BCUT2D eigenvalue weighted by Crippen LogP contribution is 2.26. The predicted octanol–water partition coefficient (Wildman–Crippen LogP) is 5.15. The fourth-order valence-electron chi connectivity index (χ4n) is 2.76. The number of nitrogens with zero attached hydrogens (tertiary/aromatic N) is 2. The molecule has 0 spiro atoms. The highest BCUT2D eigenvalue weighted by Gasteiger charge is 2.14. The van der Waals surface area contributed by atoms with Gasteiger partial charge in [-0.3, -0.25) is 9.36 Å². The number of rotatable bonds is 6. The molecule has 1 heterocycles. The number of benzene rings is 2. The largest absolute Gasteiger partial charge is 0.494 e. The Bertz CT molecular complexity index is 1040. The van der Waals surface area contributed by atoms with Crippen LogP contribution >= 0.6 is 23.4 Å². The van der Waals surface area contributed by atoms with Gasteiger partial charge in [-0.1, -0.05) is 43.3 Å². The number of fused-ring (bicyclic) bond motifs is 1. The van der Waals surface area contributed by atoms with Crippen molar-refractivity contribution in [2.75, 3.05) is 7.11 Å². The fraction of sp³-hybridized carbons (Fsp3) is 0.300. The zero-order valence-electron chi connectivity index (χ0n) is 15.3. The molecule has 0 atom stereocenters. The van der Waals surface area contributed by atoms with Crippen LogP contribution in [0.5, 0.6) is 5.75 Å². The summed E-state index contributed by atoms with van der Waals surface area (Å²) in [7, 11) is 1.43. The van der Waals surface area contributed by atoms with E-state index in [4.69, 9.17) is 16.3 Å². The van der Waals surface area contributed by atoms with Gasteiger partial charge in [0.15, 0.2) is 16.7 Å². The van der Waals surface area contributed by atoms with Crippen molar-refractivity contribution in [2.24, 2.45) is 5.92 Å². The quantitative estimate of drug-likeness (QED) is 0.419. The van der Waals surface area contributed by atoms with Crippen LogP contribution in [0.1, 0.15) is 19.4 Å². The van der Waals surface area contributed by atoms with Crippen LogP contribution in [0.3, 0.4) is 0 Å². The molecule has 0 saturated heterocycles. The average Bonchev–Trinajstić information content (AvgIpc) is 2.63. The second kappa shape index (κ2) is 8.31. The van der Waals surface area contributed by atoms with Gasteiger partial charge >= 0.3 is 0 Å². The van der Waals surface area contributed by atoms with Crippen molar-refractivity contribution in [3.63, 3.8) is 0 Å². The molecule has 0 fully saturated rings. The minimum Gasteiger partial charge on any atom is -0.494 e. The minimum atomic E-state index is -0.406. The van der Waals surface area contributed by atoms with Crippen LogP contribution in [0.2, 0.25) is 5.02 Å². The average molecular weight is 407 g/mol. The minimum absolute atomic E-state index is 0.111. The van der Waals surface area contributed by atoms with Crippen molar-refractivity contribution >= 4 is 34.3 Å². The molecular formula is C20H20ClFN2O2S. The molecule has 27 heavy (non-hydrogen) atoms. The molecular weight excluding hydrogens is 387 g/mol. The first-order valence-electron chi connectivity index (χ1n) is 8.54. The summed E-state index contributed by atoms with van der Waals surface area (Å²) in [6.45, 7) is 4.64. The predicted molar refractivity (Wildman–Crippen MR) is 108 cm³/mol. The first-order chi connectivity index (χ1) is 12.9. The van der Waals surface area contributed by atoms with Crippen LogP contribution in [0, 0.1) is 11.7 Å². The van der Waals surface area contributed by atoms with Gasteiger partial charge in [-0.2, -0.15) is 0 Å². The van der Waals surface area contributed by atoms with Gasteiger partial charge in [0.05, 0.1) is 18.0 Å². The lowest BCUT2D eigenvalue weighted by Crippen LogP contribution is -2.25. The van der Waals surface area contributed by atoms with E-state index in [0.717, 1.165) is 5.56 Å². The van der Waals surface area contributed by atoms with E-state index < -0.39 is 5.82 Å². The summed E-state index contributed by atoms with van der Waals surface area (Å²) in [6.07, 6.45) is 0. The van der Waals surface area contributed by atoms with Crippen molar-refractivity contribution in [1.82, 2.24) is 9.55 Å². The van der Waals surface area contributed by atoms with E-state index in [9.17, 15) is 9.18 Å². The summed E-state index contributed by atoms with van der Waals surface area (Å²) in [5.41, 5.74) is 1.28. The molecule has 0 aliphatic rings. The summed E-state index contributed by atoms with van der Waals surface area (Å²) < 4.78 is 20.5. The van der Waals surface area contributed by atoms with Crippen molar-refractivity contribution in [3.05, 3.63) is 63.2 Å². The number of hydrogen-bond acceptors (Lipinski definition) is 4. The molecule has 3 aromatic rings. The maximum atomic E-state index is 13.9. The van der Waals surface area contributed by atoms with Gasteiger partial charge in [-0.25, -0.2) is 9.37 Å². The smallest absolute Gasteiger partial charge is 0.262 e. The van der Waals surface area contributed by atoms with Crippen LogP contribution in [-0.4, -0.2) is 16.7 Å². The zero-order valence-corrected chi connectivity index (χ0v) is 16.9. The topological polar surface area (TPSA) is 44.1 Å². The van der Waals surface area contributed by atoms with E-state index in [1.54, 1.807) is 34.9 Å². The van der Waals surface area contributed by atoms with E-state index in [2.05, 4.69) is 4.98 Å². The maximum absolute atomic E-state index is 13.9. The van der Waals surface area contributed by atoms with Crippen LogP contribution in [0.4, 0.5) is 4.39 Å². The van der Waals surface area contributed by atoms with Crippen LogP contribution < -0.4 is 10.3 Å². The Balaban J connectivity index is 1.98. The summed E-state index contributed by atoms with van der Waals surface area (Å²) in [5, 5.41) is 1.62. The van der Waals surface area contributed by atoms with Gasteiger partial charge in [-0.05, 0) is 41.8 Å². The Kier molecular flexibility index (Phi) is 6.07. The SMILES string of the molecule is COc1ccc(CSc2nc3ccc(Cl)cc3c(=O)n2CC(C)C)cc1F. The van der Waals surface area contributed by atoms with Crippen molar-refractivity contribution in [3.8, 4) is 5.75 Å². The lowest BCUT2D eigenvalue weighted by Gasteiger charge is -2.15. The van der Waals surface area contributed by atoms with Crippen LogP contribution in [0.15, 0.2) is 46.3 Å². The molecule has 0 amide bonds. The Morgan fingerprint density at radius 3 is 2.70 bits per heavy atom. The third-order valence-electron chi connectivity index (χ3n) is 4.01. The summed E-state index contributed by atoms with van der Waals surface area (Å²) in [6, 6.07) is 9.96. The molecule has 0 radical (unpaired) electrons. The van der Waals surface area contributed by atoms with Crippen molar-refractivity contribution < 1.29 is 9.13 Å². The van der Waals surface area contributed by atoms with Crippen LogP contribution in [-0.2, 0) is 12.3 Å². The van der Waals surface area contributed by atoms with Gasteiger partial charge in [0.1, 0.15) is 0 Å². The molecule has 7 heteroatoms. The van der Waals surface area contributed by atoms with E-state index >= 15 is 0 Å². The number of halogens is 2. The third-order valence-corrected chi connectivity index (χ3v) is 5.30. The van der Waals surface area contributed by atoms with Gasteiger partial charge in [0, 0.05) is 17.3 Å². The molecule has 4 nitrogen and oxygen atoms in total. The molecule has 3 rings (SSSR count). The van der Waals surface area contributed by atoms with Crippen molar-refractivity contribution in [1.29, 1.82) is 0 Å². The molecule has 0 aliphatic carbocycles. The number of thioether (sulfide) groups is 1. The number of hydrogen-bond donors (Lipinski definition) is 0. The van der Waals surface area contributed by atoms with Gasteiger partial charge < -0.3 is 4.74 Å². The molecule has 0 bridgehead atoms. The van der Waals surface area contributed by atoms with E-state index in [-0.39, 0.29) is 17.2 Å². The fourth-order valence-corrected chi connectivity index (χ4v) is 3.88. The van der Waals surface area contributed by atoms with Gasteiger partial charge in [-0.15, -0.1) is 0 Å². The second-order valence-corrected chi connectivity index (χ2v) is 8.00. The summed E-state index contributed by atoms with van der Waals surface area (Å²) >= 11 is 7.45. The lowest BCUT2D eigenvalue weighted by atomic mass is 10.2. The number of ether oxygens (including phenoxy) is 1. The van der Waals surface area contributed by atoms with Crippen molar-refractivity contribution in [2.45, 2.75) is 31.3 Å². The first kappa shape index (κ1) is 19.7. The summed E-state index contributed by atoms with van der Waals surface area (Å²) in [4.78, 5) is 17.6. The number of aromatic nitrogens is 2. The molecule has 142 valence electrons. The Morgan fingerprint density at radius 1 is 1.26 bits per heavy atom. The Labute approximate surface area is 166 Å². The van der Waals surface area contributed by atoms with E-state index in [1.807, 2.05) is 13.8 Å². The Hall–Kier alpha value is -2.05.